The van der Waals surface area contributed by atoms with Crippen molar-refractivity contribution in [3.63, 3.8) is 0 Å². The third-order valence-electron chi connectivity index (χ3n) is 2.40. The molecule has 2 N–H and O–H groups in total. The molecule has 1 saturated heterocycles. The summed E-state index contributed by atoms with van der Waals surface area (Å²) in [6, 6.07) is 0. The van der Waals surface area contributed by atoms with Gasteiger partial charge in [-0.05, 0) is 20.0 Å². The van der Waals surface area contributed by atoms with Gasteiger partial charge in [-0.15, -0.1) is 0 Å². The molecular weight excluding hydrogens is 188 g/mol. The third-order valence-corrected chi connectivity index (χ3v) is 2.40. The standard InChI is InChI=1S/C11H20N4/c1-4-5-11(13-10(2)12)15-8-6-14(3)7-9-15/h4-5H,2,6-9,12H2,1,3H3/b5-4-,13-11+. The Morgan fingerprint density at radius 2 is 1.93 bits per heavy atom. The summed E-state index contributed by atoms with van der Waals surface area (Å²) in [5.74, 6) is 1.28. The molecule has 1 aliphatic rings. The van der Waals surface area contributed by atoms with E-state index >= 15 is 0 Å². The first-order chi connectivity index (χ1) is 7.13. The molecule has 15 heavy (non-hydrogen) atoms. The van der Waals surface area contributed by atoms with Gasteiger partial charge in [0.2, 0.25) is 0 Å². The Kier molecular flexibility index (Phi) is 4.37. The van der Waals surface area contributed by atoms with Crippen LogP contribution in [-0.4, -0.2) is 48.9 Å². The van der Waals surface area contributed by atoms with Crippen molar-refractivity contribution in [2.45, 2.75) is 6.92 Å². The number of nitrogens with two attached hydrogens (primary N) is 1. The molecule has 0 aromatic rings. The summed E-state index contributed by atoms with van der Waals surface area (Å²) >= 11 is 0. The quantitative estimate of drug-likeness (QED) is 0.535. The summed E-state index contributed by atoms with van der Waals surface area (Å²) in [5.41, 5.74) is 5.50. The Hall–Kier alpha value is -1.29. The normalized spacial score (nSPS) is 19.9. The van der Waals surface area contributed by atoms with Crippen molar-refractivity contribution in [3.8, 4) is 0 Å². The van der Waals surface area contributed by atoms with Crippen molar-refractivity contribution in [1.82, 2.24) is 9.80 Å². The zero-order chi connectivity index (χ0) is 11.3. The van der Waals surface area contributed by atoms with Crippen molar-refractivity contribution in [2.75, 3.05) is 33.2 Å². The van der Waals surface area contributed by atoms with Gasteiger partial charge in [-0.25, -0.2) is 4.99 Å². The Morgan fingerprint density at radius 3 is 2.40 bits per heavy atom. The summed E-state index contributed by atoms with van der Waals surface area (Å²) in [7, 11) is 2.13. The lowest BCUT2D eigenvalue weighted by Crippen LogP contribution is -2.46. The van der Waals surface area contributed by atoms with Crippen molar-refractivity contribution in [1.29, 1.82) is 0 Å². The molecule has 4 heteroatoms. The molecule has 0 atom stereocenters. The van der Waals surface area contributed by atoms with Crippen LogP contribution in [0.4, 0.5) is 0 Å². The van der Waals surface area contributed by atoms with E-state index in [1.54, 1.807) is 0 Å². The van der Waals surface area contributed by atoms with Gasteiger partial charge in [0.1, 0.15) is 11.7 Å². The molecule has 0 aliphatic carbocycles. The van der Waals surface area contributed by atoms with Crippen molar-refractivity contribution >= 4 is 5.84 Å². The highest BCUT2D eigenvalue weighted by atomic mass is 15.3. The number of allylic oxidation sites excluding steroid dienone is 1. The molecule has 1 heterocycles. The van der Waals surface area contributed by atoms with E-state index in [4.69, 9.17) is 5.73 Å². The van der Waals surface area contributed by atoms with E-state index in [1.807, 2.05) is 19.1 Å². The summed E-state index contributed by atoms with van der Waals surface area (Å²) in [6.45, 7) is 9.70. The molecule has 0 aromatic heterocycles. The summed E-state index contributed by atoms with van der Waals surface area (Å²) < 4.78 is 0. The smallest absolute Gasteiger partial charge is 0.130 e. The number of rotatable bonds is 2. The van der Waals surface area contributed by atoms with E-state index in [-0.39, 0.29) is 0 Å². The van der Waals surface area contributed by atoms with Gasteiger partial charge < -0.3 is 15.5 Å². The number of piperazine rings is 1. The van der Waals surface area contributed by atoms with Gasteiger partial charge in [-0.3, -0.25) is 0 Å². The maximum absolute atomic E-state index is 5.50. The maximum Gasteiger partial charge on any atom is 0.130 e. The second kappa shape index (κ2) is 5.56. The fourth-order valence-corrected chi connectivity index (χ4v) is 1.55. The van der Waals surface area contributed by atoms with E-state index in [9.17, 15) is 0 Å². The Balaban J connectivity index is 2.68. The lowest BCUT2D eigenvalue weighted by atomic mass is 10.3. The zero-order valence-electron chi connectivity index (χ0n) is 9.61. The van der Waals surface area contributed by atoms with Crippen LogP contribution < -0.4 is 5.73 Å². The number of nitrogens with zero attached hydrogens (tertiary/aromatic N) is 3. The Labute approximate surface area is 91.8 Å². The second-order valence-corrected chi connectivity index (χ2v) is 3.75. The van der Waals surface area contributed by atoms with Gasteiger partial charge in [0.05, 0.1) is 0 Å². The molecule has 0 amide bonds. The highest BCUT2D eigenvalue weighted by molar-refractivity contribution is 5.93. The minimum atomic E-state index is 0.363. The molecule has 4 nitrogen and oxygen atoms in total. The molecule has 84 valence electrons. The minimum Gasteiger partial charge on any atom is -0.384 e. The lowest BCUT2D eigenvalue weighted by molar-refractivity contribution is 0.216. The molecular formula is C11H20N4. The van der Waals surface area contributed by atoms with E-state index in [1.165, 1.54) is 0 Å². The van der Waals surface area contributed by atoms with Crippen molar-refractivity contribution < 1.29 is 0 Å². The molecule has 0 bridgehead atoms. The first-order valence-corrected chi connectivity index (χ1v) is 5.22. The molecule has 0 unspecified atom stereocenters. The largest absolute Gasteiger partial charge is 0.384 e. The average Bonchev–Trinajstić information content (AvgIpc) is 2.17. The van der Waals surface area contributed by atoms with Gasteiger partial charge in [-0.1, -0.05) is 12.7 Å². The number of likely N-dealkylation sites (N-methyl/N-ethyl adjacent to an activating group) is 1. The summed E-state index contributed by atoms with van der Waals surface area (Å²) in [4.78, 5) is 8.78. The van der Waals surface area contributed by atoms with Crippen LogP contribution in [0.2, 0.25) is 0 Å². The van der Waals surface area contributed by atoms with Gasteiger partial charge in [0, 0.05) is 26.2 Å². The Morgan fingerprint density at radius 1 is 1.33 bits per heavy atom. The van der Waals surface area contributed by atoms with Gasteiger partial charge in [0.25, 0.3) is 0 Å². The fraction of sp³-hybridized carbons (Fsp3) is 0.545. The summed E-state index contributed by atoms with van der Waals surface area (Å²) in [5, 5.41) is 0. The SMILES string of the molecule is C=C(N)/N=C(\C=C/C)N1CCN(C)CC1. The Bertz CT molecular complexity index is 272. The molecule has 1 fully saturated rings. The van der Waals surface area contributed by atoms with Crippen LogP contribution in [0.25, 0.3) is 0 Å². The summed E-state index contributed by atoms with van der Waals surface area (Å²) in [6.07, 6.45) is 3.95. The van der Waals surface area contributed by atoms with Crippen LogP contribution >= 0.6 is 0 Å². The predicted molar refractivity (Wildman–Crippen MR) is 64.6 cm³/mol. The number of hydrogen-bond acceptors (Lipinski definition) is 3. The van der Waals surface area contributed by atoms with Crippen LogP contribution in [0.1, 0.15) is 6.92 Å². The van der Waals surface area contributed by atoms with Crippen LogP contribution in [0.5, 0.6) is 0 Å². The zero-order valence-corrected chi connectivity index (χ0v) is 9.61. The molecule has 0 aromatic carbocycles. The minimum absolute atomic E-state index is 0.363. The highest BCUT2D eigenvalue weighted by Gasteiger charge is 2.15. The van der Waals surface area contributed by atoms with Gasteiger partial charge >= 0.3 is 0 Å². The van der Waals surface area contributed by atoms with E-state index in [2.05, 4.69) is 28.4 Å². The number of hydrogen-bond donors (Lipinski definition) is 1. The van der Waals surface area contributed by atoms with E-state index in [0.29, 0.717) is 5.82 Å². The van der Waals surface area contributed by atoms with Gasteiger partial charge in [-0.2, -0.15) is 0 Å². The second-order valence-electron chi connectivity index (χ2n) is 3.75. The number of aliphatic imine (C=N–C) groups is 1. The first-order valence-electron chi connectivity index (χ1n) is 5.22. The van der Waals surface area contributed by atoms with Gasteiger partial charge in [0.15, 0.2) is 0 Å². The molecule has 0 saturated carbocycles. The van der Waals surface area contributed by atoms with Crippen LogP contribution in [0.15, 0.2) is 29.5 Å². The maximum atomic E-state index is 5.50. The first kappa shape index (κ1) is 11.8. The average molecular weight is 208 g/mol. The highest BCUT2D eigenvalue weighted by Crippen LogP contribution is 2.03. The number of amidine groups is 1. The lowest BCUT2D eigenvalue weighted by Gasteiger charge is -2.33. The van der Waals surface area contributed by atoms with Crippen molar-refractivity contribution in [2.24, 2.45) is 10.7 Å². The van der Waals surface area contributed by atoms with Crippen LogP contribution in [0, 0.1) is 0 Å². The molecule has 1 rings (SSSR count). The van der Waals surface area contributed by atoms with E-state index < -0.39 is 0 Å². The molecule has 0 radical (unpaired) electrons. The van der Waals surface area contributed by atoms with Crippen LogP contribution in [0.3, 0.4) is 0 Å². The monoisotopic (exact) mass is 208 g/mol. The van der Waals surface area contributed by atoms with Crippen LogP contribution in [-0.2, 0) is 0 Å². The molecule has 1 aliphatic heterocycles. The molecule has 0 spiro atoms. The third kappa shape index (κ3) is 3.75. The fourth-order valence-electron chi connectivity index (χ4n) is 1.55. The van der Waals surface area contributed by atoms with Crippen molar-refractivity contribution in [3.05, 3.63) is 24.6 Å². The van der Waals surface area contributed by atoms with E-state index in [0.717, 1.165) is 32.0 Å². The topological polar surface area (TPSA) is 44.9 Å². The predicted octanol–water partition coefficient (Wildman–Crippen LogP) is 0.638.